The Kier molecular flexibility index (Phi) is 4.93. The first-order chi connectivity index (χ1) is 9.15. The molecule has 0 bridgehead atoms. The molecule has 1 aliphatic rings. The highest BCUT2D eigenvalue weighted by Gasteiger charge is 2.23. The third-order valence-electron chi connectivity index (χ3n) is 3.68. The van der Waals surface area contributed by atoms with Crippen molar-refractivity contribution in [2.75, 3.05) is 0 Å². The van der Waals surface area contributed by atoms with Gasteiger partial charge in [0.15, 0.2) is 0 Å². The van der Waals surface area contributed by atoms with Crippen LogP contribution in [0.3, 0.4) is 0 Å². The Hall–Kier alpha value is -1.39. The maximum Gasteiger partial charge on any atom is 0.237 e. The summed E-state index contributed by atoms with van der Waals surface area (Å²) in [7, 11) is 0. The number of hydrogen-bond acceptors (Lipinski definition) is 3. The molecule has 4 heteroatoms. The van der Waals surface area contributed by atoms with Crippen LogP contribution in [-0.4, -0.2) is 29.2 Å². The molecular formula is C15H22N2O2. The lowest BCUT2D eigenvalue weighted by molar-refractivity contribution is -0.123. The van der Waals surface area contributed by atoms with E-state index in [0.717, 1.165) is 31.2 Å². The van der Waals surface area contributed by atoms with Crippen molar-refractivity contribution in [1.82, 2.24) is 5.32 Å². The maximum atomic E-state index is 12.0. The van der Waals surface area contributed by atoms with E-state index >= 15 is 0 Å². The number of benzene rings is 1. The van der Waals surface area contributed by atoms with Gasteiger partial charge in [0, 0.05) is 6.04 Å². The second kappa shape index (κ2) is 6.68. The number of carbonyl (C=O) groups excluding carboxylic acids is 1. The molecule has 0 radical (unpaired) electrons. The topological polar surface area (TPSA) is 75.4 Å². The van der Waals surface area contributed by atoms with Crippen molar-refractivity contribution in [1.29, 1.82) is 0 Å². The third-order valence-corrected chi connectivity index (χ3v) is 3.68. The number of aliphatic hydroxyl groups excluding tert-OH is 1. The molecule has 1 saturated carbocycles. The van der Waals surface area contributed by atoms with Crippen molar-refractivity contribution in [3.8, 4) is 0 Å². The molecule has 1 amide bonds. The van der Waals surface area contributed by atoms with Gasteiger partial charge >= 0.3 is 0 Å². The summed E-state index contributed by atoms with van der Waals surface area (Å²) in [5.74, 6) is -0.0924. The summed E-state index contributed by atoms with van der Waals surface area (Å²) in [6.07, 6.45) is 3.56. The number of rotatable bonds is 4. The number of nitrogens with one attached hydrogen (secondary N) is 1. The Bertz CT molecular complexity index is 400. The van der Waals surface area contributed by atoms with Gasteiger partial charge in [-0.2, -0.15) is 0 Å². The zero-order valence-electron chi connectivity index (χ0n) is 11.1. The van der Waals surface area contributed by atoms with Crippen molar-refractivity contribution in [3.63, 3.8) is 0 Å². The van der Waals surface area contributed by atoms with Crippen LogP contribution in [-0.2, 0) is 11.2 Å². The van der Waals surface area contributed by atoms with Gasteiger partial charge in [0.25, 0.3) is 0 Å². The molecule has 4 N–H and O–H groups in total. The molecule has 2 rings (SSSR count). The molecule has 0 unspecified atom stereocenters. The molecule has 1 aromatic carbocycles. The van der Waals surface area contributed by atoms with E-state index < -0.39 is 6.04 Å². The van der Waals surface area contributed by atoms with Crippen molar-refractivity contribution in [2.24, 2.45) is 5.73 Å². The number of hydrogen-bond donors (Lipinski definition) is 3. The smallest absolute Gasteiger partial charge is 0.237 e. The van der Waals surface area contributed by atoms with Crippen molar-refractivity contribution < 1.29 is 9.90 Å². The highest BCUT2D eigenvalue weighted by Crippen LogP contribution is 2.18. The average molecular weight is 262 g/mol. The van der Waals surface area contributed by atoms with Gasteiger partial charge in [-0.15, -0.1) is 0 Å². The molecular weight excluding hydrogens is 240 g/mol. The van der Waals surface area contributed by atoms with Gasteiger partial charge in [0.05, 0.1) is 12.1 Å². The third kappa shape index (κ3) is 4.33. The Morgan fingerprint density at radius 3 is 2.53 bits per heavy atom. The van der Waals surface area contributed by atoms with Crippen molar-refractivity contribution >= 4 is 5.91 Å². The minimum atomic E-state index is -0.505. The average Bonchev–Trinajstić information content (AvgIpc) is 2.42. The summed E-state index contributed by atoms with van der Waals surface area (Å²) in [6.45, 7) is 0. The van der Waals surface area contributed by atoms with Gasteiger partial charge in [-0.25, -0.2) is 0 Å². The predicted molar refractivity (Wildman–Crippen MR) is 74.5 cm³/mol. The fourth-order valence-electron chi connectivity index (χ4n) is 2.49. The highest BCUT2D eigenvalue weighted by molar-refractivity contribution is 5.82. The molecule has 19 heavy (non-hydrogen) atoms. The fourth-order valence-corrected chi connectivity index (χ4v) is 2.49. The van der Waals surface area contributed by atoms with E-state index in [4.69, 9.17) is 5.73 Å². The van der Waals surface area contributed by atoms with Gasteiger partial charge < -0.3 is 16.2 Å². The quantitative estimate of drug-likeness (QED) is 0.757. The van der Waals surface area contributed by atoms with Gasteiger partial charge in [-0.1, -0.05) is 30.3 Å². The van der Waals surface area contributed by atoms with Gasteiger partial charge in [-0.05, 0) is 37.7 Å². The van der Waals surface area contributed by atoms with E-state index in [2.05, 4.69) is 5.32 Å². The lowest BCUT2D eigenvalue weighted by Crippen LogP contribution is -2.47. The molecule has 0 aliphatic heterocycles. The second-order valence-corrected chi connectivity index (χ2v) is 5.31. The van der Waals surface area contributed by atoms with Crippen LogP contribution < -0.4 is 11.1 Å². The molecule has 1 aliphatic carbocycles. The molecule has 0 aromatic heterocycles. The molecule has 1 fully saturated rings. The zero-order chi connectivity index (χ0) is 13.7. The van der Waals surface area contributed by atoms with Gasteiger partial charge in [-0.3, -0.25) is 4.79 Å². The molecule has 0 saturated heterocycles. The molecule has 0 heterocycles. The summed E-state index contributed by atoms with van der Waals surface area (Å²) >= 11 is 0. The molecule has 104 valence electrons. The first kappa shape index (κ1) is 14.0. The zero-order valence-corrected chi connectivity index (χ0v) is 11.1. The van der Waals surface area contributed by atoms with Crippen LogP contribution in [0.1, 0.15) is 31.2 Å². The molecule has 1 atom stereocenters. The number of aliphatic hydroxyl groups is 1. The normalized spacial score (nSPS) is 24.7. The van der Waals surface area contributed by atoms with E-state index in [0.29, 0.717) is 6.42 Å². The molecule has 0 spiro atoms. The van der Waals surface area contributed by atoms with Crippen LogP contribution in [0.2, 0.25) is 0 Å². The largest absolute Gasteiger partial charge is 0.393 e. The van der Waals surface area contributed by atoms with Crippen LogP contribution in [0.4, 0.5) is 0 Å². The SMILES string of the molecule is N[C@H](Cc1ccccc1)C(=O)NC1CCC(O)CC1. The van der Waals surface area contributed by atoms with Gasteiger partial charge in [0.2, 0.25) is 5.91 Å². The van der Waals surface area contributed by atoms with E-state index in [9.17, 15) is 9.90 Å². The monoisotopic (exact) mass is 262 g/mol. The van der Waals surface area contributed by atoms with E-state index in [1.54, 1.807) is 0 Å². The fraction of sp³-hybridized carbons (Fsp3) is 0.533. The summed E-state index contributed by atoms with van der Waals surface area (Å²) in [4.78, 5) is 12.0. The van der Waals surface area contributed by atoms with Crippen LogP contribution in [0.25, 0.3) is 0 Å². The van der Waals surface area contributed by atoms with E-state index in [-0.39, 0.29) is 18.1 Å². The van der Waals surface area contributed by atoms with Crippen LogP contribution in [0, 0.1) is 0 Å². The standard InChI is InChI=1S/C15H22N2O2/c16-14(10-11-4-2-1-3-5-11)15(19)17-12-6-8-13(18)9-7-12/h1-5,12-14,18H,6-10,16H2,(H,17,19)/t12?,13?,14-/m1/s1. The number of carbonyl (C=O) groups is 1. The minimum absolute atomic E-state index is 0.0924. The first-order valence-corrected chi connectivity index (χ1v) is 6.93. The van der Waals surface area contributed by atoms with Gasteiger partial charge in [0.1, 0.15) is 0 Å². The van der Waals surface area contributed by atoms with Crippen LogP contribution >= 0.6 is 0 Å². The highest BCUT2D eigenvalue weighted by atomic mass is 16.3. The Morgan fingerprint density at radius 1 is 1.26 bits per heavy atom. The van der Waals surface area contributed by atoms with Crippen LogP contribution in [0.15, 0.2) is 30.3 Å². The van der Waals surface area contributed by atoms with E-state index in [1.165, 1.54) is 0 Å². The van der Waals surface area contributed by atoms with Crippen molar-refractivity contribution in [2.45, 2.75) is 50.3 Å². The summed E-state index contributed by atoms with van der Waals surface area (Å²) in [6, 6.07) is 9.45. The first-order valence-electron chi connectivity index (χ1n) is 6.93. The predicted octanol–water partition coefficient (Wildman–Crippen LogP) is 0.976. The Labute approximate surface area is 114 Å². The number of nitrogens with two attached hydrogens (primary N) is 1. The Balaban J connectivity index is 1.79. The Morgan fingerprint density at radius 2 is 1.89 bits per heavy atom. The summed E-state index contributed by atoms with van der Waals surface area (Å²) in [5, 5.41) is 12.4. The van der Waals surface area contributed by atoms with E-state index in [1.807, 2.05) is 30.3 Å². The summed E-state index contributed by atoms with van der Waals surface area (Å²) < 4.78 is 0. The number of amides is 1. The second-order valence-electron chi connectivity index (χ2n) is 5.31. The lowest BCUT2D eigenvalue weighted by atomic mass is 9.93. The minimum Gasteiger partial charge on any atom is -0.393 e. The molecule has 4 nitrogen and oxygen atoms in total. The molecule has 1 aromatic rings. The van der Waals surface area contributed by atoms with Crippen molar-refractivity contribution in [3.05, 3.63) is 35.9 Å². The summed E-state index contributed by atoms with van der Waals surface area (Å²) in [5.41, 5.74) is 7.01. The lowest BCUT2D eigenvalue weighted by Gasteiger charge is -2.27. The maximum absolute atomic E-state index is 12.0. The van der Waals surface area contributed by atoms with Crippen LogP contribution in [0.5, 0.6) is 0 Å².